The summed E-state index contributed by atoms with van der Waals surface area (Å²) in [5.41, 5.74) is 9.22. The van der Waals surface area contributed by atoms with Gasteiger partial charge in [-0.05, 0) is 109 Å². The summed E-state index contributed by atoms with van der Waals surface area (Å²) in [6, 6.07) is 20.5. The molecule has 0 saturated carbocycles. The average molecular weight is 518 g/mol. The maximum absolute atomic E-state index is 13.9. The number of hydrogen-bond donors (Lipinski definition) is 0. The smallest absolute Gasteiger partial charge is 0.142 e. The Morgan fingerprint density at radius 3 is 2.38 bits per heavy atom. The van der Waals surface area contributed by atoms with Gasteiger partial charge in [-0.3, -0.25) is 0 Å². The third kappa shape index (κ3) is 6.47. The van der Waals surface area contributed by atoms with Crippen LogP contribution in [-0.2, 0) is 0 Å². The summed E-state index contributed by atoms with van der Waals surface area (Å²) >= 11 is 5.53. The Morgan fingerprint density at radius 2 is 1.70 bits per heavy atom. The van der Waals surface area contributed by atoms with Crippen LogP contribution in [0.4, 0.5) is 8.78 Å². The summed E-state index contributed by atoms with van der Waals surface area (Å²) in [6.07, 6.45) is 2.67. The third-order valence-corrected chi connectivity index (χ3v) is 7.05. The summed E-state index contributed by atoms with van der Waals surface area (Å²) in [5, 5.41) is 0.160. The molecule has 4 heteroatoms. The molecule has 0 amide bonds. The van der Waals surface area contributed by atoms with Crippen LogP contribution in [0.1, 0.15) is 48.2 Å². The van der Waals surface area contributed by atoms with E-state index in [1.807, 2.05) is 19.9 Å². The van der Waals surface area contributed by atoms with E-state index in [1.54, 1.807) is 18.2 Å². The van der Waals surface area contributed by atoms with Gasteiger partial charge in [0, 0.05) is 16.9 Å². The number of aryl methyl sites for hydroxylation is 3. The van der Waals surface area contributed by atoms with E-state index in [0.29, 0.717) is 5.92 Å². The Labute approximate surface area is 224 Å². The average Bonchev–Trinajstić information content (AvgIpc) is 3.28. The van der Waals surface area contributed by atoms with Gasteiger partial charge in [0.1, 0.15) is 11.6 Å². The molecule has 3 aromatic carbocycles. The molecular formula is C33H34ClF2N. The molecule has 0 aliphatic heterocycles. The van der Waals surface area contributed by atoms with E-state index in [-0.39, 0.29) is 10.8 Å². The molecule has 1 unspecified atom stereocenters. The molecule has 0 bridgehead atoms. The lowest BCUT2D eigenvalue weighted by Crippen LogP contribution is -2.02. The lowest BCUT2D eigenvalue weighted by atomic mass is 9.93. The zero-order valence-corrected chi connectivity index (χ0v) is 23.0. The molecule has 0 radical (unpaired) electrons. The fourth-order valence-corrected chi connectivity index (χ4v) is 4.44. The summed E-state index contributed by atoms with van der Waals surface area (Å²) in [6.45, 7) is 18.2. The Kier molecular flexibility index (Phi) is 9.29. The van der Waals surface area contributed by atoms with Crippen LogP contribution in [0.2, 0.25) is 5.02 Å². The monoisotopic (exact) mass is 517 g/mol. The summed E-state index contributed by atoms with van der Waals surface area (Å²) in [4.78, 5) is 0. The summed E-state index contributed by atoms with van der Waals surface area (Å²) < 4.78 is 28.8. The van der Waals surface area contributed by atoms with Crippen molar-refractivity contribution in [2.24, 2.45) is 5.92 Å². The zero-order chi connectivity index (χ0) is 27.3. The van der Waals surface area contributed by atoms with E-state index in [1.165, 1.54) is 12.1 Å². The molecule has 0 spiro atoms. The first-order chi connectivity index (χ1) is 17.6. The van der Waals surface area contributed by atoms with Crippen molar-refractivity contribution in [1.82, 2.24) is 4.57 Å². The summed E-state index contributed by atoms with van der Waals surface area (Å²) in [7, 11) is 0. The van der Waals surface area contributed by atoms with Gasteiger partial charge in [0.15, 0.2) is 0 Å². The van der Waals surface area contributed by atoms with Gasteiger partial charge in [-0.2, -0.15) is 0 Å². The number of hydrogen-bond acceptors (Lipinski definition) is 0. The van der Waals surface area contributed by atoms with E-state index in [9.17, 15) is 8.78 Å². The number of allylic oxidation sites excluding steroid dienone is 1. The van der Waals surface area contributed by atoms with E-state index < -0.39 is 5.82 Å². The fourth-order valence-electron chi connectivity index (χ4n) is 4.22. The van der Waals surface area contributed by atoms with E-state index in [2.05, 4.69) is 74.9 Å². The minimum absolute atomic E-state index is 0.160. The van der Waals surface area contributed by atoms with Gasteiger partial charge in [-0.1, -0.05) is 62.9 Å². The van der Waals surface area contributed by atoms with Crippen molar-refractivity contribution < 1.29 is 8.78 Å². The van der Waals surface area contributed by atoms with Crippen molar-refractivity contribution in [3.05, 3.63) is 124 Å². The first-order valence-electron chi connectivity index (χ1n) is 12.4. The molecule has 0 aliphatic carbocycles. The topological polar surface area (TPSA) is 4.93 Å². The molecule has 0 saturated heterocycles. The number of halogens is 3. The second-order valence-corrected chi connectivity index (χ2v) is 9.77. The van der Waals surface area contributed by atoms with E-state index >= 15 is 0 Å². The Hall–Kier alpha value is -3.43. The Balaban J connectivity index is 0.000000289. The maximum atomic E-state index is 13.9. The van der Waals surface area contributed by atoms with Gasteiger partial charge in [0.2, 0.25) is 0 Å². The summed E-state index contributed by atoms with van der Waals surface area (Å²) in [5.74, 6) is -0.164. The number of rotatable bonds is 6. The maximum Gasteiger partial charge on any atom is 0.142 e. The van der Waals surface area contributed by atoms with E-state index in [0.717, 1.165) is 56.9 Å². The van der Waals surface area contributed by atoms with Crippen molar-refractivity contribution in [3.63, 3.8) is 0 Å². The first-order valence-corrected chi connectivity index (χ1v) is 12.8. The minimum Gasteiger partial charge on any atom is -0.314 e. The number of aromatic nitrogens is 1. The molecular weight excluding hydrogens is 484 g/mol. The molecule has 1 aromatic heterocycles. The fraction of sp³-hybridized carbons (Fsp3) is 0.212. The second-order valence-electron chi connectivity index (χ2n) is 9.37. The van der Waals surface area contributed by atoms with Gasteiger partial charge in [-0.15, -0.1) is 0 Å². The number of benzene rings is 3. The molecule has 1 atom stereocenters. The van der Waals surface area contributed by atoms with Gasteiger partial charge in [0.25, 0.3) is 0 Å². The SMILES string of the molecule is C=C(c1cccc(-n2c(C)ccc2-c2cc(F)ccc2C)c1)C(C)CC.C=Cc1cc(F)c(Cl)cc1C. The molecule has 0 fully saturated rings. The molecule has 4 rings (SSSR count). The third-order valence-electron chi connectivity index (χ3n) is 6.76. The van der Waals surface area contributed by atoms with E-state index in [4.69, 9.17) is 11.6 Å². The molecule has 1 heterocycles. The Morgan fingerprint density at radius 1 is 0.973 bits per heavy atom. The standard InChI is InChI=1S/C24H26FN.C9H8ClF/c1-6-16(2)19(5)20-8-7-9-22(14-20)26-18(4)11-13-24(26)23-15-21(25)12-10-17(23)3;1-3-7-5-9(11)8(10)4-6(7)2/h7-16H,5-6H2,1-4H3;3-5H,1H2,2H3. The van der Waals surface area contributed by atoms with Crippen molar-refractivity contribution in [3.8, 4) is 16.9 Å². The highest BCUT2D eigenvalue weighted by Gasteiger charge is 2.14. The zero-order valence-electron chi connectivity index (χ0n) is 22.2. The van der Waals surface area contributed by atoms with Crippen LogP contribution in [0.3, 0.4) is 0 Å². The predicted molar refractivity (Wildman–Crippen MR) is 155 cm³/mol. The second kappa shape index (κ2) is 12.2. The highest BCUT2D eigenvalue weighted by atomic mass is 35.5. The van der Waals surface area contributed by atoms with Crippen LogP contribution in [-0.4, -0.2) is 4.57 Å². The Bertz CT molecular complexity index is 1430. The lowest BCUT2D eigenvalue weighted by Gasteiger charge is -2.17. The van der Waals surface area contributed by atoms with Crippen LogP contribution in [0.25, 0.3) is 28.6 Å². The van der Waals surface area contributed by atoms with Crippen molar-refractivity contribution in [2.75, 3.05) is 0 Å². The van der Waals surface area contributed by atoms with Crippen molar-refractivity contribution >= 4 is 23.3 Å². The normalized spacial score (nSPS) is 11.5. The molecule has 0 aliphatic rings. The van der Waals surface area contributed by atoms with Crippen molar-refractivity contribution in [2.45, 2.75) is 41.0 Å². The molecule has 1 nitrogen and oxygen atoms in total. The minimum atomic E-state index is -0.396. The molecule has 37 heavy (non-hydrogen) atoms. The highest BCUT2D eigenvalue weighted by molar-refractivity contribution is 6.30. The highest BCUT2D eigenvalue weighted by Crippen LogP contribution is 2.31. The van der Waals surface area contributed by atoms with Crippen LogP contribution in [0.5, 0.6) is 0 Å². The number of nitrogens with zero attached hydrogens (tertiary/aromatic N) is 1. The molecule has 0 N–H and O–H groups in total. The lowest BCUT2D eigenvalue weighted by molar-refractivity contribution is 0.627. The molecule has 192 valence electrons. The van der Waals surface area contributed by atoms with Gasteiger partial charge in [-0.25, -0.2) is 8.78 Å². The van der Waals surface area contributed by atoms with Crippen LogP contribution < -0.4 is 0 Å². The molecule has 4 aromatic rings. The largest absolute Gasteiger partial charge is 0.314 e. The predicted octanol–water partition coefficient (Wildman–Crippen LogP) is 10.4. The van der Waals surface area contributed by atoms with Gasteiger partial charge >= 0.3 is 0 Å². The van der Waals surface area contributed by atoms with Gasteiger partial charge < -0.3 is 4.57 Å². The van der Waals surface area contributed by atoms with Crippen LogP contribution in [0, 0.1) is 38.3 Å². The van der Waals surface area contributed by atoms with Crippen molar-refractivity contribution in [1.29, 1.82) is 0 Å². The van der Waals surface area contributed by atoms with Crippen LogP contribution in [0.15, 0.2) is 79.9 Å². The van der Waals surface area contributed by atoms with Gasteiger partial charge in [0.05, 0.1) is 10.7 Å². The van der Waals surface area contributed by atoms with Crippen LogP contribution >= 0.6 is 11.6 Å². The quantitative estimate of drug-likeness (QED) is 0.239. The first kappa shape index (κ1) is 28.1.